The average Bonchev–Trinajstić information content (AvgIpc) is 2.42. The molecule has 7 heteroatoms. The molecule has 0 saturated carbocycles. The molecule has 106 valence electrons. The lowest BCUT2D eigenvalue weighted by Gasteiger charge is -2.06. The number of ether oxygens (including phenoxy) is 2. The van der Waals surface area contributed by atoms with Gasteiger partial charge in [-0.3, -0.25) is 10.1 Å². The van der Waals surface area contributed by atoms with Crippen LogP contribution in [0.2, 0.25) is 0 Å². The van der Waals surface area contributed by atoms with Crippen LogP contribution in [-0.4, -0.2) is 43.4 Å². The van der Waals surface area contributed by atoms with Crippen LogP contribution in [0.3, 0.4) is 0 Å². The Labute approximate surface area is 112 Å². The standard InChI is InChI=1S/C12H19N3O4/c1-18-9-10-19-8-3-2-6-13-12-11(15(16)17)5-4-7-14-12/h4-5,7H,2-3,6,8-10H2,1H3,(H,13,14). The molecule has 0 fully saturated rings. The second-order valence-corrected chi connectivity index (χ2v) is 3.87. The monoisotopic (exact) mass is 269 g/mol. The van der Waals surface area contributed by atoms with Crippen molar-refractivity contribution < 1.29 is 14.4 Å². The first kappa shape index (κ1) is 15.3. The molecule has 19 heavy (non-hydrogen) atoms. The van der Waals surface area contributed by atoms with E-state index in [2.05, 4.69) is 10.3 Å². The van der Waals surface area contributed by atoms with Crippen molar-refractivity contribution in [1.29, 1.82) is 0 Å². The molecule has 1 rings (SSSR count). The maximum absolute atomic E-state index is 10.8. The van der Waals surface area contributed by atoms with Crippen molar-refractivity contribution in [1.82, 2.24) is 4.98 Å². The number of nitro groups is 1. The molecule has 0 aliphatic rings. The van der Waals surface area contributed by atoms with E-state index in [1.807, 2.05) is 0 Å². The number of nitrogens with one attached hydrogen (secondary N) is 1. The second kappa shape index (κ2) is 9.23. The fourth-order valence-corrected chi connectivity index (χ4v) is 1.46. The van der Waals surface area contributed by atoms with Crippen molar-refractivity contribution in [3.8, 4) is 0 Å². The summed E-state index contributed by atoms with van der Waals surface area (Å²) in [6.07, 6.45) is 3.28. The van der Waals surface area contributed by atoms with Crippen molar-refractivity contribution in [2.45, 2.75) is 12.8 Å². The van der Waals surface area contributed by atoms with Crippen LogP contribution >= 0.6 is 0 Å². The maximum atomic E-state index is 10.8. The van der Waals surface area contributed by atoms with E-state index in [0.717, 1.165) is 12.8 Å². The number of nitrogens with zero attached hydrogens (tertiary/aromatic N) is 2. The molecule has 1 heterocycles. The molecule has 0 aliphatic heterocycles. The third-order valence-electron chi connectivity index (χ3n) is 2.42. The van der Waals surface area contributed by atoms with E-state index < -0.39 is 4.92 Å². The minimum atomic E-state index is -0.441. The topological polar surface area (TPSA) is 86.5 Å². The van der Waals surface area contributed by atoms with Gasteiger partial charge in [-0.25, -0.2) is 4.98 Å². The van der Waals surface area contributed by atoms with E-state index in [-0.39, 0.29) is 5.69 Å². The predicted octanol–water partition coefficient (Wildman–Crippen LogP) is 1.84. The average molecular weight is 269 g/mol. The van der Waals surface area contributed by atoms with E-state index in [1.54, 1.807) is 13.2 Å². The number of hydrogen-bond donors (Lipinski definition) is 1. The molecule has 0 amide bonds. The molecule has 0 unspecified atom stereocenters. The molecule has 1 aromatic heterocycles. The molecule has 0 bridgehead atoms. The Morgan fingerprint density at radius 3 is 2.95 bits per heavy atom. The van der Waals surface area contributed by atoms with E-state index in [4.69, 9.17) is 9.47 Å². The van der Waals surface area contributed by atoms with Crippen LogP contribution in [0, 0.1) is 10.1 Å². The number of unbranched alkanes of at least 4 members (excludes halogenated alkanes) is 1. The van der Waals surface area contributed by atoms with Gasteiger partial charge >= 0.3 is 5.69 Å². The lowest BCUT2D eigenvalue weighted by atomic mass is 10.3. The van der Waals surface area contributed by atoms with Gasteiger partial charge in [0.25, 0.3) is 0 Å². The maximum Gasteiger partial charge on any atom is 0.311 e. The fraction of sp³-hybridized carbons (Fsp3) is 0.583. The van der Waals surface area contributed by atoms with Crippen LogP contribution in [0.4, 0.5) is 11.5 Å². The summed E-state index contributed by atoms with van der Waals surface area (Å²) < 4.78 is 10.2. The number of anilines is 1. The summed E-state index contributed by atoms with van der Waals surface area (Å²) in [6.45, 7) is 2.48. The molecule has 0 atom stereocenters. The van der Waals surface area contributed by atoms with Crippen molar-refractivity contribution in [2.24, 2.45) is 0 Å². The van der Waals surface area contributed by atoms with Gasteiger partial charge in [-0.15, -0.1) is 0 Å². The first-order valence-electron chi connectivity index (χ1n) is 6.15. The normalized spacial score (nSPS) is 10.4. The van der Waals surface area contributed by atoms with Crippen molar-refractivity contribution >= 4 is 11.5 Å². The molecule has 0 radical (unpaired) electrons. The summed E-state index contributed by atoms with van der Waals surface area (Å²) in [4.78, 5) is 14.3. The van der Waals surface area contributed by atoms with Gasteiger partial charge < -0.3 is 14.8 Å². The Kier molecular flexibility index (Phi) is 7.45. The molecule has 0 aromatic carbocycles. The summed E-state index contributed by atoms with van der Waals surface area (Å²) in [6, 6.07) is 2.98. The minimum Gasteiger partial charge on any atom is -0.382 e. The zero-order valence-corrected chi connectivity index (χ0v) is 11.0. The molecule has 1 aromatic rings. The molecule has 0 aliphatic carbocycles. The Bertz CT molecular complexity index is 387. The lowest BCUT2D eigenvalue weighted by Crippen LogP contribution is -2.08. The first-order chi connectivity index (χ1) is 9.25. The van der Waals surface area contributed by atoms with Gasteiger partial charge in [0.15, 0.2) is 0 Å². The molecule has 7 nitrogen and oxygen atoms in total. The number of methoxy groups -OCH3 is 1. The van der Waals surface area contributed by atoms with E-state index in [0.29, 0.717) is 32.2 Å². The van der Waals surface area contributed by atoms with Crippen LogP contribution in [0.15, 0.2) is 18.3 Å². The van der Waals surface area contributed by atoms with Gasteiger partial charge in [-0.2, -0.15) is 0 Å². The van der Waals surface area contributed by atoms with Crippen LogP contribution in [0.25, 0.3) is 0 Å². The van der Waals surface area contributed by atoms with E-state index in [9.17, 15) is 10.1 Å². The quantitative estimate of drug-likeness (QED) is 0.396. The van der Waals surface area contributed by atoms with E-state index in [1.165, 1.54) is 12.3 Å². The summed E-state index contributed by atoms with van der Waals surface area (Å²) in [5, 5.41) is 13.7. The van der Waals surface area contributed by atoms with E-state index >= 15 is 0 Å². The smallest absolute Gasteiger partial charge is 0.311 e. The zero-order valence-electron chi connectivity index (χ0n) is 11.0. The molecular weight excluding hydrogens is 250 g/mol. The minimum absolute atomic E-state index is 0.00107. The van der Waals surface area contributed by atoms with Gasteiger partial charge in [-0.1, -0.05) is 0 Å². The van der Waals surface area contributed by atoms with Gasteiger partial charge in [0.2, 0.25) is 5.82 Å². The Hall–Kier alpha value is -1.73. The van der Waals surface area contributed by atoms with Crippen molar-refractivity contribution in [3.05, 3.63) is 28.4 Å². The number of hydrogen-bond acceptors (Lipinski definition) is 6. The van der Waals surface area contributed by atoms with Crippen LogP contribution in [-0.2, 0) is 9.47 Å². The van der Waals surface area contributed by atoms with Gasteiger partial charge in [-0.05, 0) is 18.9 Å². The zero-order chi connectivity index (χ0) is 13.9. The highest BCUT2D eigenvalue weighted by Crippen LogP contribution is 2.19. The Morgan fingerprint density at radius 2 is 2.21 bits per heavy atom. The summed E-state index contributed by atoms with van der Waals surface area (Å²) in [5.74, 6) is 0.313. The number of rotatable bonds is 10. The largest absolute Gasteiger partial charge is 0.382 e. The molecule has 1 N–H and O–H groups in total. The SMILES string of the molecule is COCCOCCCCNc1ncccc1[N+](=O)[O-]. The number of aromatic nitrogens is 1. The van der Waals surface area contributed by atoms with Crippen LogP contribution < -0.4 is 5.32 Å². The summed E-state index contributed by atoms with van der Waals surface area (Å²) in [5.41, 5.74) is -0.00107. The highest BCUT2D eigenvalue weighted by Gasteiger charge is 2.12. The molecule has 0 saturated heterocycles. The lowest BCUT2D eigenvalue weighted by molar-refractivity contribution is -0.384. The third-order valence-corrected chi connectivity index (χ3v) is 2.42. The van der Waals surface area contributed by atoms with Gasteiger partial charge in [0.1, 0.15) is 0 Å². The van der Waals surface area contributed by atoms with Gasteiger partial charge in [0, 0.05) is 32.5 Å². The second-order valence-electron chi connectivity index (χ2n) is 3.87. The van der Waals surface area contributed by atoms with Crippen LogP contribution in [0.1, 0.15) is 12.8 Å². The molecular formula is C12H19N3O4. The number of pyridine rings is 1. The summed E-state index contributed by atoms with van der Waals surface area (Å²) in [7, 11) is 1.63. The predicted molar refractivity (Wildman–Crippen MR) is 71.3 cm³/mol. The first-order valence-corrected chi connectivity index (χ1v) is 6.15. The third kappa shape index (κ3) is 6.12. The highest BCUT2D eigenvalue weighted by atomic mass is 16.6. The Morgan fingerprint density at radius 1 is 1.37 bits per heavy atom. The van der Waals surface area contributed by atoms with Crippen molar-refractivity contribution in [2.75, 3.05) is 38.8 Å². The molecule has 0 spiro atoms. The highest BCUT2D eigenvalue weighted by molar-refractivity contribution is 5.54. The van der Waals surface area contributed by atoms with Gasteiger partial charge in [0.05, 0.1) is 18.1 Å². The summed E-state index contributed by atoms with van der Waals surface area (Å²) >= 11 is 0. The van der Waals surface area contributed by atoms with Crippen molar-refractivity contribution in [3.63, 3.8) is 0 Å². The van der Waals surface area contributed by atoms with Crippen LogP contribution in [0.5, 0.6) is 0 Å². The fourth-order valence-electron chi connectivity index (χ4n) is 1.46. The Balaban J connectivity index is 2.17.